The van der Waals surface area contributed by atoms with Gasteiger partial charge < -0.3 is 5.32 Å². The summed E-state index contributed by atoms with van der Waals surface area (Å²) in [7, 11) is 0. The van der Waals surface area contributed by atoms with Crippen molar-refractivity contribution in [1.82, 2.24) is 34.7 Å². The lowest BCUT2D eigenvalue weighted by atomic mass is 10.3. The van der Waals surface area contributed by atoms with Crippen LogP contribution in [-0.2, 0) is 13.2 Å². The highest BCUT2D eigenvalue weighted by Gasteiger charge is 2.12. The SMILES string of the molecule is Cc1nn(CCCNC(=O)c2ccn(Cn3nc(C)c(Cl)c3C)n2)cc1Br. The number of nitrogens with one attached hydrogen (secondary N) is 1. The number of hydrogen-bond acceptors (Lipinski definition) is 4. The molecule has 144 valence electrons. The fourth-order valence-corrected chi connectivity index (χ4v) is 3.10. The van der Waals surface area contributed by atoms with Crippen LogP contribution in [0.2, 0.25) is 5.02 Å². The Morgan fingerprint density at radius 2 is 1.96 bits per heavy atom. The van der Waals surface area contributed by atoms with Gasteiger partial charge in [-0.3, -0.25) is 14.2 Å². The van der Waals surface area contributed by atoms with E-state index in [2.05, 4.69) is 36.5 Å². The molecular formula is C17H21BrClN7O. The quantitative estimate of drug-likeness (QED) is 0.557. The van der Waals surface area contributed by atoms with Crippen LogP contribution in [0.1, 0.15) is 34.0 Å². The molecule has 0 aliphatic carbocycles. The lowest BCUT2D eigenvalue weighted by Gasteiger charge is -2.05. The predicted octanol–water partition coefficient (Wildman–Crippen LogP) is 2.94. The van der Waals surface area contributed by atoms with Gasteiger partial charge in [-0.1, -0.05) is 11.6 Å². The lowest BCUT2D eigenvalue weighted by Crippen LogP contribution is -2.26. The Kier molecular flexibility index (Phi) is 6.01. The smallest absolute Gasteiger partial charge is 0.271 e. The summed E-state index contributed by atoms with van der Waals surface area (Å²) in [6.45, 7) is 7.39. The van der Waals surface area contributed by atoms with Crippen molar-refractivity contribution in [1.29, 1.82) is 0 Å². The summed E-state index contributed by atoms with van der Waals surface area (Å²) >= 11 is 9.60. The highest BCUT2D eigenvalue weighted by atomic mass is 79.9. The number of carbonyl (C=O) groups excluding carboxylic acids is 1. The first kappa shape index (κ1) is 19.6. The van der Waals surface area contributed by atoms with Crippen LogP contribution < -0.4 is 5.32 Å². The van der Waals surface area contributed by atoms with Gasteiger partial charge in [0.05, 0.1) is 26.6 Å². The average Bonchev–Trinajstić information content (AvgIpc) is 3.29. The van der Waals surface area contributed by atoms with Crippen molar-refractivity contribution < 1.29 is 4.79 Å². The summed E-state index contributed by atoms with van der Waals surface area (Å²) < 4.78 is 6.27. The van der Waals surface area contributed by atoms with E-state index in [-0.39, 0.29) is 5.91 Å². The molecule has 0 aromatic carbocycles. The van der Waals surface area contributed by atoms with Gasteiger partial charge in [0.2, 0.25) is 0 Å². The molecule has 0 unspecified atom stereocenters. The van der Waals surface area contributed by atoms with Crippen molar-refractivity contribution in [2.24, 2.45) is 0 Å². The van der Waals surface area contributed by atoms with Crippen molar-refractivity contribution >= 4 is 33.4 Å². The fourth-order valence-electron chi connectivity index (χ4n) is 2.65. The maximum Gasteiger partial charge on any atom is 0.271 e. The lowest BCUT2D eigenvalue weighted by molar-refractivity contribution is 0.0946. The van der Waals surface area contributed by atoms with Crippen LogP contribution in [0.5, 0.6) is 0 Å². The molecule has 8 nitrogen and oxygen atoms in total. The van der Waals surface area contributed by atoms with E-state index >= 15 is 0 Å². The summed E-state index contributed by atoms with van der Waals surface area (Å²) in [4.78, 5) is 12.2. The van der Waals surface area contributed by atoms with E-state index < -0.39 is 0 Å². The highest BCUT2D eigenvalue weighted by molar-refractivity contribution is 9.10. The second kappa shape index (κ2) is 8.26. The molecule has 0 saturated heterocycles. The Hall–Kier alpha value is -2.13. The van der Waals surface area contributed by atoms with E-state index in [9.17, 15) is 4.79 Å². The monoisotopic (exact) mass is 453 g/mol. The van der Waals surface area contributed by atoms with Gasteiger partial charge in [0.1, 0.15) is 12.4 Å². The number of hydrogen-bond donors (Lipinski definition) is 1. The van der Waals surface area contributed by atoms with Gasteiger partial charge in [0.15, 0.2) is 0 Å². The third-order valence-electron chi connectivity index (χ3n) is 4.18. The van der Waals surface area contributed by atoms with Crippen LogP contribution >= 0.6 is 27.5 Å². The van der Waals surface area contributed by atoms with Gasteiger partial charge >= 0.3 is 0 Å². The Morgan fingerprint density at radius 3 is 2.59 bits per heavy atom. The zero-order valence-corrected chi connectivity index (χ0v) is 17.7. The van der Waals surface area contributed by atoms with Crippen LogP contribution in [0, 0.1) is 20.8 Å². The van der Waals surface area contributed by atoms with Crippen molar-refractivity contribution in [2.45, 2.75) is 40.4 Å². The van der Waals surface area contributed by atoms with Gasteiger partial charge in [-0.05, 0) is 49.2 Å². The largest absolute Gasteiger partial charge is 0.351 e. The second-order valence-corrected chi connectivity index (χ2v) is 7.53. The third kappa shape index (κ3) is 4.59. The van der Waals surface area contributed by atoms with Crippen LogP contribution in [0.15, 0.2) is 22.9 Å². The highest BCUT2D eigenvalue weighted by Crippen LogP contribution is 2.18. The second-order valence-electron chi connectivity index (χ2n) is 6.30. The molecule has 0 fully saturated rings. The number of amides is 1. The number of aryl methyl sites for hydroxylation is 3. The molecule has 3 rings (SSSR count). The normalized spacial score (nSPS) is 11.1. The molecule has 3 aromatic rings. The number of halogens is 2. The molecule has 0 aliphatic rings. The topological polar surface area (TPSA) is 82.6 Å². The van der Waals surface area contributed by atoms with Crippen LogP contribution in [-0.4, -0.2) is 41.8 Å². The summed E-state index contributed by atoms with van der Waals surface area (Å²) in [6, 6.07) is 1.69. The number of carbonyl (C=O) groups is 1. The van der Waals surface area contributed by atoms with Crippen molar-refractivity contribution in [3.63, 3.8) is 0 Å². The maximum absolute atomic E-state index is 12.2. The molecule has 1 N–H and O–H groups in total. The average molecular weight is 455 g/mol. The van der Waals surface area contributed by atoms with Crippen LogP contribution in [0.4, 0.5) is 0 Å². The molecule has 3 aromatic heterocycles. The van der Waals surface area contributed by atoms with E-state index in [1.165, 1.54) is 0 Å². The summed E-state index contributed by atoms with van der Waals surface area (Å²) in [6.07, 6.45) is 4.47. The zero-order valence-electron chi connectivity index (χ0n) is 15.4. The Bertz CT molecular complexity index is 939. The molecular weight excluding hydrogens is 434 g/mol. The number of aromatic nitrogens is 6. The first-order valence-electron chi connectivity index (χ1n) is 8.56. The predicted molar refractivity (Wildman–Crippen MR) is 106 cm³/mol. The molecule has 27 heavy (non-hydrogen) atoms. The summed E-state index contributed by atoms with van der Waals surface area (Å²) in [5.74, 6) is -0.196. The van der Waals surface area contributed by atoms with E-state index in [4.69, 9.17) is 11.6 Å². The minimum absolute atomic E-state index is 0.196. The standard InChI is InChI=1S/C17H21BrClN7O/c1-11-14(18)9-24(21-11)7-4-6-20-17(27)15-5-8-25(23-15)10-26-13(3)16(19)12(2)22-26/h5,8-9H,4,6-7,10H2,1-3H3,(H,20,27). The molecule has 0 saturated carbocycles. The molecule has 0 bridgehead atoms. The van der Waals surface area contributed by atoms with Gasteiger partial charge in [-0.25, -0.2) is 4.68 Å². The minimum atomic E-state index is -0.196. The first-order valence-corrected chi connectivity index (χ1v) is 9.73. The molecule has 10 heteroatoms. The van der Waals surface area contributed by atoms with Crippen LogP contribution in [0.25, 0.3) is 0 Å². The Labute approximate surface area is 170 Å². The number of rotatable bonds is 7. The van der Waals surface area contributed by atoms with Crippen molar-refractivity contribution in [2.75, 3.05) is 6.54 Å². The van der Waals surface area contributed by atoms with Crippen LogP contribution in [0.3, 0.4) is 0 Å². The number of nitrogens with zero attached hydrogens (tertiary/aromatic N) is 6. The van der Waals surface area contributed by atoms with E-state index in [0.29, 0.717) is 23.9 Å². The Balaban J connectivity index is 1.50. The van der Waals surface area contributed by atoms with E-state index in [1.807, 2.05) is 31.6 Å². The van der Waals surface area contributed by atoms with Gasteiger partial charge in [-0.2, -0.15) is 15.3 Å². The molecule has 0 radical (unpaired) electrons. The van der Waals surface area contributed by atoms with E-state index in [0.717, 1.165) is 34.5 Å². The Morgan fingerprint density at radius 1 is 1.19 bits per heavy atom. The molecule has 1 amide bonds. The maximum atomic E-state index is 12.2. The van der Waals surface area contributed by atoms with E-state index in [1.54, 1.807) is 21.6 Å². The molecule has 0 aliphatic heterocycles. The van der Waals surface area contributed by atoms with Gasteiger partial charge in [0.25, 0.3) is 5.91 Å². The summed E-state index contributed by atoms with van der Waals surface area (Å²) in [5.41, 5.74) is 2.98. The molecule has 0 atom stereocenters. The summed E-state index contributed by atoms with van der Waals surface area (Å²) in [5, 5.41) is 16.6. The minimum Gasteiger partial charge on any atom is -0.351 e. The zero-order chi connectivity index (χ0) is 19.6. The molecule has 0 spiro atoms. The van der Waals surface area contributed by atoms with Gasteiger partial charge in [-0.15, -0.1) is 0 Å². The molecule has 3 heterocycles. The fraction of sp³-hybridized carbons (Fsp3) is 0.412. The first-order chi connectivity index (χ1) is 12.8. The third-order valence-corrected chi connectivity index (χ3v) is 5.51. The van der Waals surface area contributed by atoms with Gasteiger partial charge in [0, 0.05) is 25.5 Å². The van der Waals surface area contributed by atoms with Crippen molar-refractivity contribution in [3.8, 4) is 0 Å². The van der Waals surface area contributed by atoms with Crippen molar-refractivity contribution in [3.05, 3.63) is 50.7 Å².